The number of rotatable bonds is 3. The van der Waals surface area contributed by atoms with Gasteiger partial charge in [0.15, 0.2) is 6.61 Å². The van der Waals surface area contributed by atoms with Gasteiger partial charge in [-0.15, -0.1) is 11.3 Å². The van der Waals surface area contributed by atoms with Gasteiger partial charge in [0.1, 0.15) is 12.3 Å². The zero-order valence-corrected chi connectivity index (χ0v) is 17.2. The second kappa shape index (κ2) is 7.78. The van der Waals surface area contributed by atoms with Crippen molar-refractivity contribution >= 4 is 28.8 Å². The zero-order valence-electron chi connectivity index (χ0n) is 16.4. The Hall–Kier alpha value is -2.41. The number of thiazole rings is 1. The van der Waals surface area contributed by atoms with Gasteiger partial charge in [-0.25, -0.2) is 4.98 Å². The third-order valence-electron chi connectivity index (χ3n) is 6.09. The van der Waals surface area contributed by atoms with E-state index in [1.54, 1.807) is 4.90 Å². The third-order valence-corrected chi connectivity index (χ3v) is 7.41. The summed E-state index contributed by atoms with van der Waals surface area (Å²) in [5.74, 6) is 0.806. The Bertz CT molecular complexity index is 918. The predicted molar refractivity (Wildman–Crippen MR) is 112 cm³/mol. The number of piperidine rings is 1. The summed E-state index contributed by atoms with van der Waals surface area (Å²) in [6.07, 6.45) is 6.81. The van der Waals surface area contributed by atoms with E-state index in [1.165, 1.54) is 28.4 Å². The van der Waals surface area contributed by atoms with Crippen LogP contribution in [0.1, 0.15) is 47.2 Å². The van der Waals surface area contributed by atoms with E-state index in [0.717, 1.165) is 32.2 Å². The Morgan fingerprint density at radius 3 is 2.97 bits per heavy atom. The van der Waals surface area contributed by atoms with Gasteiger partial charge >= 0.3 is 0 Å². The molecule has 1 fully saturated rings. The number of ether oxygens (including phenoxy) is 1. The summed E-state index contributed by atoms with van der Waals surface area (Å²) < 4.78 is 5.48. The van der Waals surface area contributed by atoms with Crippen LogP contribution in [0.5, 0.6) is 5.75 Å². The maximum absolute atomic E-state index is 13.1. The van der Waals surface area contributed by atoms with Crippen molar-refractivity contribution in [1.29, 1.82) is 0 Å². The number of aromatic nitrogens is 1. The van der Waals surface area contributed by atoms with E-state index >= 15 is 0 Å². The van der Waals surface area contributed by atoms with E-state index in [2.05, 4.69) is 0 Å². The topological polar surface area (TPSA) is 62.7 Å². The van der Waals surface area contributed by atoms with Gasteiger partial charge in [0.05, 0.1) is 16.4 Å². The average Bonchev–Trinajstić information content (AvgIpc) is 3.20. The molecule has 0 saturated carbocycles. The molecule has 7 heteroatoms. The van der Waals surface area contributed by atoms with Gasteiger partial charge in [-0.3, -0.25) is 14.5 Å². The molecule has 1 aromatic heterocycles. The van der Waals surface area contributed by atoms with Crippen molar-refractivity contribution in [3.8, 4) is 5.75 Å². The molecule has 5 rings (SSSR count). The quantitative estimate of drug-likeness (QED) is 0.778. The van der Waals surface area contributed by atoms with Crippen LogP contribution in [0.4, 0.5) is 5.69 Å². The van der Waals surface area contributed by atoms with Gasteiger partial charge < -0.3 is 9.64 Å². The second-order valence-electron chi connectivity index (χ2n) is 8.04. The van der Waals surface area contributed by atoms with Gasteiger partial charge in [0.2, 0.25) is 5.91 Å². The summed E-state index contributed by atoms with van der Waals surface area (Å²) in [7, 11) is 0. The highest BCUT2D eigenvalue weighted by atomic mass is 32.1. The van der Waals surface area contributed by atoms with E-state index in [-0.39, 0.29) is 25.0 Å². The summed E-state index contributed by atoms with van der Waals surface area (Å²) in [6.45, 7) is 1.50. The van der Waals surface area contributed by atoms with Crippen LogP contribution in [0.2, 0.25) is 0 Å². The highest BCUT2D eigenvalue weighted by Crippen LogP contribution is 2.35. The largest absolute Gasteiger partial charge is 0.482 e. The van der Waals surface area contributed by atoms with Gasteiger partial charge in [-0.05, 0) is 50.7 Å². The normalized spacial score (nSPS) is 21.4. The molecule has 2 aliphatic heterocycles. The summed E-state index contributed by atoms with van der Waals surface area (Å²) in [5.41, 5.74) is 1.97. The fourth-order valence-corrected chi connectivity index (χ4v) is 5.79. The van der Waals surface area contributed by atoms with Crippen molar-refractivity contribution in [2.75, 3.05) is 31.1 Å². The minimum atomic E-state index is -0.168. The molecule has 1 saturated heterocycles. The minimum Gasteiger partial charge on any atom is -0.482 e. The number of benzene rings is 1. The number of hydrogen-bond donors (Lipinski definition) is 0. The molecule has 2 amide bonds. The molecule has 1 aliphatic carbocycles. The molecule has 29 heavy (non-hydrogen) atoms. The van der Waals surface area contributed by atoms with Crippen LogP contribution in [-0.4, -0.2) is 47.9 Å². The first-order chi connectivity index (χ1) is 14.2. The molecular weight excluding hydrogens is 386 g/mol. The molecule has 152 valence electrons. The molecule has 0 N–H and O–H groups in total. The van der Waals surface area contributed by atoms with E-state index in [1.807, 2.05) is 40.5 Å². The minimum absolute atomic E-state index is 0.000993. The fourth-order valence-electron chi connectivity index (χ4n) is 4.51. The molecule has 0 bridgehead atoms. The standard InChI is InChI=1S/C22H25N3O3S/c26-20(13-25-17-8-2-3-9-18(17)28-14-21(25)27)24-11-5-6-15(12-24)22-23-16-7-1-4-10-19(16)29-22/h2-3,8-9,15H,1,4-7,10-14H2. The molecule has 1 atom stereocenters. The average molecular weight is 412 g/mol. The van der Waals surface area contributed by atoms with E-state index in [4.69, 9.17) is 9.72 Å². The van der Waals surface area contributed by atoms with E-state index in [9.17, 15) is 9.59 Å². The Kier molecular flexibility index (Phi) is 4.99. The number of fused-ring (bicyclic) bond motifs is 2. The third kappa shape index (κ3) is 3.64. The molecule has 1 aromatic carbocycles. The Balaban J connectivity index is 1.29. The van der Waals surface area contributed by atoms with E-state index in [0.29, 0.717) is 23.9 Å². The summed E-state index contributed by atoms with van der Waals surface area (Å²) in [6, 6.07) is 7.40. The number of hydrogen-bond acceptors (Lipinski definition) is 5. The lowest BCUT2D eigenvalue weighted by Gasteiger charge is -2.35. The van der Waals surface area contributed by atoms with Crippen molar-refractivity contribution in [1.82, 2.24) is 9.88 Å². The van der Waals surface area contributed by atoms with Crippen molar-refractivity contribution < 1.29 is 14.3 Å². The maximum atomic E-state index is 13.1. The molecule has 0 radical (unpaired) electrons. The molecule has 2 aromatic rings. The first-order valence-electron chi connectivity index (χ1n) is 10.5. The number of anilines is 1. The number of nitrogens with zero attached hydrogens (tertiary/aromatic N) is 3. The lowest BCUT2D eigenvalue weighted by molar-refractivity contribution is -0.133. The van der Waals surface area contributed by atoms with Gasteiger partial charge in [-0.1, -0.05) is 12.1 Å². The predicted octanol–water partition coefficient (Wildman–Crippen LogP) is 3.15. The number of amides is 2. The highest BCUT2D eigenvalue weighted by molar-refractivity contribution is 7.11. The zero-order chi connectivity index (χ0) is 19.8. The molecule has 3 aliphatic rings. The number of likely N-dealkylation sites (tertiary alicyclic amines) is 1. The maximum Gasteiger partial charge on any atom is 0.265 e. The SMILES string of the molecule is O=C(CN1C(=O)COc2ccccc21)N1CCCC(c2nc3c(s2)CCCC3)C1. The van der Waals surface area contributed by atoms with Crippen LogP contribution in [-0.2, 0) is 22.4 Å². The monoisotopic (exact) mass is 411 g/mol. The summed E-state index contributed by atoms with van der Waals surface area (Å²) >= 11 is 1.85. The molecule has 3 heterocycles. The van der Waals surface area contributed by atoms with Crippen LogP contribution in [0.15, 0.2) is 24.3 Å². The van der Waals surface area contributed by atoms with E-state index < -0.39 is 0 Å². The first-order valence-corrected chi connectivity index (χ1v) is 11.3. The van der Waals surface area contributed by atoms with Crippen molar-refractivity contribution in [2.24, 2.45) is 0 Å². The Labute approximate surface area is 174 Å². The summed E-state index contributed by atoms with van der Waals surface area (Å²) in [5, 5.41) is 1.20. The van der Waals surface area contributed by atoms with Crippen molar-refractivity contribution in [2.45, 2.75) is 44.4 Å². The smallest absolute Gasteiger partial charge is 0.265 e. The van der Waals surface area contributed by atoms with Crippen molar-refractivity contribution in [3.05, 3.63) is 39.8 Å². The highest BCUT2D eigenvalue weighted by Gasteiger charge is 2.32. The molecule has 1 unspecified atom stereocenters. The van der Waals surface area contributed by atoms with Crippen LogP contribution < -0.4 is 9.64 Å². The first kappa shape index (κ1) is 18.6. The fraction of sp³-hybridized carbons (Fsp3) is 0.500. The van der Waals surface area contributed by atoms with Crippen LogP contribution in [0, 0.1) is 0 Å². The molecular formula is C22H25N3O3S. The van der Waals surface area contributed by atoms with Gasteiger partial charge in [-0.2, -0.15) is 0 Å². The lowest BCUT2D eigenvalue weighted by atomic mass is 9.98. The number of para-hydroxylation sites is 2. The number of carbonyl (C=O) groups excluding carboxylic acids is 2. The number of aryl methyl sites for hydroxylation is 2. The van der Waals surface area contributed by atoms with Gasteiger partial charge in [0.25, 0.3) is 5.91 Å². The van der Waals surface area contributed by atoms with Gasteiger partial charge in [0, 0.05) is 23.9 Å². The van der Waals surface area contributed by atoms with Crippen LogP contribution in [0.25, 0.3) is 0 Å². The second-order valence-corrected chi connectivity index (χ2v) is 9.16. The summed E-state index contributed by atoms with van der Waals surface area (Å²) in [4.78, 5) is 35.3. The lowest BCUT2D eigenvalue weighted by Crippen LogP contribution is -2.48. The number of carbonyl (C=O) groups is 2. The van der Waals surface area contributed by atoms with Crippen molar-refractivity contribution in [3.63, 3.8) is 0 Å². The molecule has 6 nitrogen and oxygen atoms in total. The Morgan fingerprint density at radius 1 is 1.21 bits per heavy atom. The molecule has 0 spiro atoms. The van der Waals surface area contributed by atoms with Crippen LogP contribution >= 0.6 is 11.3 Å². The van der Waals surface area contributed by atoms with Crippen LogP contribution in [0.3, 0.4) is 0 Å². The Morgan fingerprint density at radius 2 is 2.07 bits per heavy atom.